The van der Waals surface area contributed by atoms with Crippen molar-refractivity contribution in [2.24, 2.45) is 0 Å². The molecule has 0 aromatic rings. The molecule has 0 saturated heterocycles. The second-order valence-corrected chi connectivity index (χ2v) is 1.82. The average molecular weight is 131 g/mol. The lowest BCUT2D eigenvalue weighted by Crippen LogP contribution is -2.32. The van der Waals surface area contributed by atoms with Gasteiger partial charge in [0.05, 0.1) is 0 Å². The molecule has 0 rings (SSSR count). The number of carbonyl (C=O) groups excluding carboxylic acids is 1. The summed E-state index contributed by atoms with van der Waals surface area (Å²) in [5.74, 6) is 0. The molecule has 3 nitrogen and oxygen atoms in total. The summed E-state index contributed by atoms with van der Waals surface area (Å²) in [6.45, 7) is 4.22. The molecule has 0 fully saturated rings. The van der Waals surface area contributed by atoms with Crippen LogP contribution in [0.4, 0.5) is 0 Å². The van der Waals surface area contributed by atoms with E-state index in [-0.39, 0.29) is 0 Å². The topological polar surface area (TPSA) is 40.5 Å². The minimum absolute atomic E-state index is 0.568. The summed E-state index contributed by atoms with van der Waals surface area (Å²) in [6.07, 6.45) is 0.647. The summed E-state index contributed by atoms with van der Waals surface area (Å²) in [4.78, 5) is 11.4. The molecule has 0 radical (unpaired) electrons. The van der Waals surface area contributed by atoms with Crippen molar-refractivity contribution >= 4 is 6.41 Å². The van der Waals surface area contributed by atoms with E-state index in [1.807, 2.05) is 13.8 Å². The third kappa shape index (κ3) is 2.46. The number of carbonyl (C=O) groups is 1. The Bertz CT molecular complexity index is 85.1. The second kappa shape index (κ2) is 4.32. The summed E-state index contributed by atoms with van der Waals surface area (Å²) in [6, 6.07) is 0. The fourth-order valence-corrected chi connectivity index (χ4v) is 0.590. The molecule has 0 bridgehead atoms. The first-order chi connectivity index (χ1) is 4.26. The van der Waals surface area contributed by atoms with Crippen LogP contribution in [-0.2, 0) is 4.79 Å². The Morgan fingerprint density at radius 1 is 1.67 bits per heavy atom. The molecule has 54 valence electrons. The molecule has 1 unspecified atom stereocenters. The standard InChI is InChI=1S/C6H13NO2/c1-3-6(9)7(4-2)5-8/h5-6,9H,3-4H2,1-2H3. The number of hydrogen-bond acceptors (Lipinski definition) is 2. The number of nitrogens with zero attached hydrogens (tertiary/aromatic N) is 1. The number of hydrogen-bond donors (Lipinski definition) is 1. The Hall–Kier alpha value is -0.570. The van der Waals surface area contributed by atoms with E-state index in [4.69, 9.17) is 5.11 Å². The van der Waals surface area contributed by atoms with E-state index in [9.17, 15) is 4.79 Å². The van der Waals surface area contributed by atoms with Crippen LogP contribution < -0.4 is 0 Å². The Morgan fingerprint density at radius 2 is 2.22 bits per heavy atom. The lowest BCUT2D eigenvalue weighted by molar-refractivity contribution is -0.127. The molecular formula is C6H13NO2. The highest BCUT2D eigenvalue weighted by Crippen LogP contribution is 1.94. The highest BCUT2D eigenvalue weighted by molar-refractivity contribution is 5.47. The Balaban J connectivity index is 3.63. The molecule has 0 aliphatic rings. The zero-order valence-electron chi connectivity index (χ0n) is 5.87. The second-order valence-electron chi connectivity index (χ2n) is 1.82. The largest absolute Gasteiger partial charge is 0.374 e. The van der Waals surface area contributed by atoms with E-state index in [1.165, 1.54) is 4.90 Å². The molecule has 0 saturated carbocycles. The summed E-state index contributed by atoms with van der Waals surface area (Å²) in [5, 5.41) is 9.01. The molecule has 0 aliphatic carbocycles. The van der Waals surface area contributed by atoms with Gasteiger partial charge >= 0.3 is 0 Å². The van der Waals surface area contributed by atoms with Crippen LogP contribution in [0.25, 0.3) is 0 Å². The van der Waals surface area contributed by atoms with Gasteiger partial charge in [-0.05, 0) is 13.3 Å². The third-order valence-electron chi connectivity index (χ3n) is 1.25. The molecule has 0 heterocycles. The van der Waals surface area contributed by atoms with Crippen LogP contribution in [0.3, 0.4) is 0 Å². The Labute approximate surface area is 55.3 Å². The van der Waals surface area contributed by atoms with Crippen molar-refractivity contribution in [1.82, 2.24) is 4.90 Å². The van der Waals surface area contributed by atoms with E-state index in [2.05, 4.69) is 0 Å². The zero-order valence-corrected chi connectivity index (χ0v) is 5.87. The van der Waals surface area contributed by atoms with E-state index < -0.39 is 6.23 Å². The molecule has 1 atom stereocenters. The molecule has 0 aromatic carbocycles. The van der Waals surface area contributed by atoms with Gasteiger partial charge in [-0.25, -0.2) is 0 Å². The third-order valence-corrected chi connectivity index (χ3v) is 1.25. The lowest BCUT2D eigenvalue weighted by Gasteiger charge is -2.19. The van der Waals surface area contributed by atoms with Crippen molar-refractivity contribution in [1.29, 1.82) is 0 Å². The Morgan fingerprint density at radius 3 is 2.33 bits per heavy atom. The van der Waals surface area contributed by atoms with Crippen LogP contribution in [0, 0.1) is 0 Å². The maximum absolute atomic E-state index is 10.1. The van der Waals surface area contributed by atoms with Gasteiger partial charge in [0.1, 0.15) is 6.23 Å². The number of aliphatic hydroxyl groups excluding tert-OH is 1. The van der Waals surface area contributed by atoms with Crippen molar-refractivity contribution in [3.63, 3.8) is 0 Å². The maximum atomic E-state index is 10.1. The van der Waals surface area contributed by atoms with Crippen molar-refractivity contribution in [3.8, 4) is 0 Å². The summed E-state index contributed by atoms with van der Waals surface area (Å²) in [5.41, 5.74) is 0. The predicted molar refractivity (Wildman–Crippen MR) is 34.7 cm³/mol. The van der Waals surface area contributed by atoms with Gasteiger partial charge in [0.15, 0.2) is 0 Å². The SMILES string of the molecule is CCC(O)N(C=O)CC. The molecule has 0 aromatic heterocycles. The van der Waals surface area contributed by atoms with E-state index in [0.29, 0.717) is 19.4 Å². The summed E-state index contributed by atoms with van der Waals surface area (Å²) >= 11 is 0. The fraction of sp³-hybridized carbons (Fsp3) is 0.833. The van der Waals surface area contributed by atoms with E-state index in [0.717, 1.165) is 0 Å². The number of rotatable bonds is 4. The average Bonchev–Trinajstić information content (AvgIpc) is 1.90. The predicted octanol–water partition coefficient (Wildman–Crippen LogP) is 0.193. The molecular weight excluding hydrogens is 118 g/mol. The molecule has 0 spiro atoms. The first kappa shape index (κ1) is 8.43. The smallest absolute Gasteiger partial charge is 0.211 e. The molecule has 0 aliphatic heterocycles. The van der Waals surface area contributed by atoms with Gasteiger partial charge in [0.25, 0.3) is 0 Å². The Kier molecular flexibility index (Phi) is 4.05. The van der Waals surface area contributed by atoms with Crippen LogP contribution in [0.15, 0.2) is 0 Å². The van der Waals surface area contributed by atoms with Gasteiger partial charge in [-0.15, -0.1) is 0 Å². The van der Waals surface area contributed by atoms with Gasteiger partial charge in [-0.2, -0.15) is 0 Å². The number of amides is 1. The molecule has 9 heavy (non-hydrogen) atoms. The van der Waals surface area contributed by atoms with Gasteiger partial charge < -0.3 is 10.0 Å². The zero-order chi connectivity index (χ0) is 7.28. The van der Waals surface area contributed by atoms with Crippen molar-refractivity contribution in [2.45, 2.75) is 26.5 Å². The van der Waals surface area contributed by atoms with Gasteiger partial charge in [-0.1, -0.05) is 6.92 Å². The van der Waals surface area contributed by atoms with E-state index in [1.54, 1.807) is 0 Å². The van der Waals surface area contributed by atoms with Crippen LogP contribution in [-0.4, -0.2) is 29.2 Å². The van der Waals surface area contributed by atoms with Gasteiger partial charge in [0, 0.05) is 6.54 Å². The lowest BCUT2D eigenvalue weighted by atomic mass is 10.4. The quantitative estimate of drug-likeness (QED) is 0.437. The van der Waals surface area contributed by atoms with Crippen molar-refractivity contribution < 1.29 is 9.90 Å². The highest BCUT2D eigenvalue weighted by Gasteiger charge is 2.06. The molecule has 3 heteroatoms. The minimum atomic E-state index is -0.604. The first-order valence-corrected chi connectivity index (χ1v) is 3.15. The van der Waals surface area contributed by atoms with Crippen LogP contribution in [0.5, 0.6) is 0 Å². The van der Waals surface area contributed by atoms with Crippen molar-refractivity contribution in [2.75, 3.05) is 6.54 Å². The van der Waals surface area contributed by atoms with Gasteiger partial charge in [0.2, 0.25) is 6.41 Å². The molecule has 1 N–H and O–H groups in total. The maximum Gasteiger partial charge on any atom is 0.211 e. The first-order valence-electron chi connectivity index (χ1n) is 3.15. The molecule has 1 amide bonds. The summed E-state index contributed by atoms with van der Waals surface area (Å²) < 4.78 is 0. The fourth-order valence-electron chi connectivity index (χ4n) is 0.590. The van der Waals surface area contributed by atoms with Crippen molar-refractivity contribution in [3.05, 3.63) is 0 Å². The highest BCUT2D eigenvalue weighted by atomic mass is 16.3. The van der Waals surface area contributed by atoms with Crippen LogP contribution in [0.1, 0.15) is 20.3 Å². The number of aliphatic hydroxyl groups is 1. The van der Waals surface area contributed by atoms with E-state index >= 15 is 0 Å². The van der Waals surface area contributed by atoms with Gasteiger partial charge in [-0.3, -0.25) is 4.79 Å². The van der Waals surface area contributed by atoms with Crippen LogP contribution in [0.2, 0.25) is 0 Å². The van der Waals surface area contributed by atoms with Crippen LogP contribution >= 0.6 is 0 Å². The monoisotopic (exact) mass is 131 g/mol. The minimum Gasteiger partial charge on any atom is -0.374 e. The normalized spacial score (nSPS) is 12.8. The summed E-state index contributed by atoms with van der Waals surface area (Å²) in [7, 11) is 0.